The van der Waals surface area contributed by atoms with E-state index in [0.29, 0.717) is 7.41 Å². The zero-order valence-corrected chi connectivity index (χ0v) is 8.52. The van der Waals surface area contributed by atoms with Crippen molar-refractivity contribution in [3.05, 3.63) is 35.9 Å². The fourth-order valence-electron chi connectivity index (χ4n) is 1.76. The van der Waals surface area contributed by atoms with Crippen molar-refractivity contribution < 1.29 is 4.79 Å². The quantitative estimate of drug-likeness (QED) is 0.439. The molecule has 4 heteroatoms. The molecule has 15 heavy (non-hydrogen) atoms. The van der Waals surface area contributed by atoms with Crippen LogP contribution in [0.5, 0.6) is 0 Å². The van der Waals surface area contributed by atoms with E-state index in [2.05, 4.69) is 10.9 Å². The molecule has 2 N–H and O–H groups in total. The minimum absolute atomic E-state index is 0.509. The van der Waals surface area contributed by atoms with E-state index < -0.39 is 0 Å². The third-order valence-corrected chi connectivity index (χ3v) is 2.60. The summed E-state index contributed by atoms with van der Waals surface area (Å²) in [5, 5.41) is 0. The van der Waals surface area contributed by atoms with E-state index in [1.807, 2.05) is 24.3 Å². The van der Waals surface area contributed by atoms with Gasteiger partial charge in [-0.15, -0.1) is 0 Å². The predicted octanol–water partition coefficient (Wildman–Crippen LogP) is 0.510. The summed E-state index contributed by atoms with van der Waals surface area (Å²) in [5.41, 5.74) is 8.87. The van der Waals surface area contributed by atoms with Crippen LogP contribution in [0.15, 0.2) is 30.3 Å². The molecule has 1 aliphatic rings. The maximum absolute atomic E-state index is 10.4. The summed E-state index contributed by atoms with van der Waals surface area (Å²) in [7, 11) is 0.509. The Morgan fingerprint density at radius 2 is 2.07 bits per heavy atom. The highest BCUT2D eigenvalue weighted by molar-refractivity contribution is 6.64. The molecule has 0 aromatic heterocycles. The Balaban J connectivity index is 2.07. The third kappa shape index (κ3) is 2.28. The molecule has 0 saturated carbocycles. The third-order valence-electron chi connectivity index (χ3n) is 2.60. The van der Waals surface area contributed by atoms with Gasteiger partial charge in [0.2, 0.25) is 0 Å². The average molecular weight is 200 g/mol. The number of benzene rings is 1. The van der Waals surface area contributed by atoms with Gasteiger partial charge in [-0.1, -0.05) is 18.2 Å². The van der Waals surface area contributed by atoms with Gasteiger partial charge in [-0.05, 0) is 23.3 Å². The van der Waals surface area contributed by atoms with Crippen LogP contribution in [0.2, 0.25) is 0 Å². The Labute approximate surface area is 89.8 Å². The minimum atomic E-state index is 0.509. The van der Waals surface area contributed by atoms with Gasteiger partial charge < -0.3 is 15.3 Å². The van der Waals surface area contributed by atoms with Crippen LogP contribution in [-0.4, -0.2) is 31.5 Å². The molecule has 0 spiro atoms. The van der Waals surface area contributed by atoms with Crippen molar-refractivity contribution in [1.82, 2.24) is 4.81 Å². The number of nitrogen functional groups attached to an aromatic ring is 1. The Bertz CT molecular complexity index is 386. The SMILES string of the molecule is Nc1ccc(C2=CCN(BC=O)C2)cc1. The smallest absolute Gasteiger partial charge is 0.281 e. The van der Waals surface area contributed by atoms with Crippen LogP contribution in [0.25, 0.3) is 5.57 Å². The molecule has 0 bridgehead atoms. The molecule has 76 valence electrons. The van der Waals surface area contributed by atoms with Gasteiger partial charge >= 0.3 is 0 Å². The lowest BCUT2D eigenvalue weighted by molar-refractivity contribution is 0.552. The lowest BCUT2D eigenvalue weighted by Gasteiger charge is -2.10. The zero-order chi connectivity index (χ0) is 10.7. The molecule has 0 saturated heterocycles. The first kappa shape index (κ1) is 9.99. The maximum atomic E-state index is 10.4. The lowest BCUT2D eigenvalue weighted by Crippen LogP contribution is -2.26. The maximum Gasteiger partial charge on any atom is 0.281 e. The topological polar surface area (TPSA) is 46.3 Å². The normalized spacial score (nSPS) is 16.1. The molecule has 0 atom stereocenters. The number of rotatable bonds is 3. The first-order valence-electron chi connectivity index (χ1n) is 5.00. The fourth-order valence-corrected chi connectivity index (χ4v) is 1.76. The highest BCUT2D eigenvalue weighted by atomic mass is 16.1. The van der Waals surface area contributed by atoms with Crippen molar-refractivity contribution in [1.29, 1.82) is 0 Å². The van der Waals surface area contributed by atoms with Crippen molar-refractivity contribution in [2.75, 3.05) is 18.8 Å². The molecular formula is C11H13BN2O. The van der Waals surface area contributed by atoms with Crippen molar-refractivity contribution in [2.45, 2.75) is 0 Å². The summed E-state index contributed by atoms with van der Waals surface area (Å²) < 4.78 is 0. The summed E-state index contributed by atoms with van der Waals surface area (Å²) >= 11 is 0. The molecule has 1 aromatic rings. The van der Waals surface area contributed by atoms with Crippen LogP contribution in [0.1, 0.15) is 5.56 Å². The Hall–Kier alpha value is -1.55. The van der Waals surface area contributed by atoms with E-state index >= 15 is 0 Å². The van der Waals surface area contributed by atoms with Gasteiger partial charge in [0, 0.05) is 18.8 Å². The highest BCUT2D eigenvalue weighted by Crippen LogP contribution is 2.20. The Morgan fingerprint density at radius 1 is 1.33 bits per heavy atom. The van der Waals surface area contributed by atoms with Crippen LogP contribution in [-0.2, 0) is 4.79 Å². The molecule has 0 aliphatic carbocycles. The van der Waals surface area contributed by atoms with Gasteiger partial charge in [0.15, 0.2) is 0 Å². The molecule has 1 aromatic carbocycles. The number of hydrogen-bond acceptors (Lipinski definition) is 3. The number of anilines is 1. The summed E-state index contributed by atoms with van der Waals surface area (Å²) in [6.45, 7) is 1.71. The highest BCUT2D eigenvalue weighted by Gasteiger charge is 2.15. The second-order valence-electron chi connectivity index (χ2n) is 3.71. The first-order chi connectivity index (χ1) is 7.29. The van der Waals surface area contributed by atoms with Crippen molar-refractivity contribution >= 4 is 24.9 Å². The molecule has 0 amide bonds. The van der Waals surface area contributed by atoms with Gasteiger partial charge in [-0.3, -0.25) is 0 Å². The molecule has 3 nitrogen and oxygen atoms in total. The largest absolute Gasteiger partial charge is 0.399 e. The van der Waals surface area contributed by atoms with E-state index in [9.17, 15) is 4.79 Å². The lowest BCUT2D eigenvalue weighted by atomic mass is 9.95. The number of nitrogens with two attached hydrogens (primary N) is 1. The second kappa shape index (κ2) is 4.32. The summed E-state index contributed by atoms with van der Waals surface area (Å²) in [6, 6.07) is 7.84. The standard InChI is InChI=1S/C11H13BN2O/c13-11-3-1-9(2-4-11)10-5-6-14(7-10)12-8-15/h1-5,8,12H,6-7,13H2. The monoisotopic (exact) mass is 200 g/mol. The predicted molar refractivity (Wildman–Crippen MR) is 64.3 cm³/mol. The van der Waals surface area contributed by atoms with Gasteiger partial charge in [0.25, 0.3) is 7.41 Å². The van der Waals surface area contributed by atoms with Gasteiger partial charge in [0.1, 0.15) is 0 Å². The number of carbonyl (C=O) groups is 1. The van der Waals surface area contributed by atoms with Crippen LogP contribution in [0.4, 0.5) is 5.69 Å². The van der Waals surface area contributed by atoms with Crippen LogP contribution in [0, 0.1) is 0 Å². The van der Waals surface area contributed by atoms with E-state index in [4.69, 9.17) is 5.73 Å². The molecular weight excluding hydrogens is 187 g/mol. The molecule has 0 unspecified atom stereocenters. The summed E-state index contributed by atoms with van der Waals surface area (Å²) in [5.74, 6) is 0. The Morgan fingerprint density at radius 3 is 2.73 bits per heavy atom. The van der Waals surface area contributed by atoms with E-state index in [1.165, 1.54) is 11.1 Å². The van der Waals surface area contributed by atoms with Crippen LogP contribution in [0.3, 0.4) is 0 Å². The van der Waals surface area contributed by atoms with E-state index in [1.54, 1.807) is 0 Å². The van der Waals surface area contributed by atoms with Gasteiger partial charge in [0.05, 0.1) is 6.19 Å². The van der Waals surface area contributed by atoms with Crippen molar-refractivity contribution in [2.24, 2.45) is 0 Å². The number of hydrogen-bond donors (Lipinski definition) is 1. The Kier molecular flexibility index (Phi) is 2.88. The first-order valence-corrected chi connectivity index (χ1v) is 5.00. The molecule has 0 radical (unpaired) electrons. The summed E-state index contributed by atoms with van der Waals surface area (Å²) in [4.78, 5) is 12.5. The minimum Gasteiger partial charge on any atom is -0.399 e. The van der Waals surface area contributed by atoms with Crippen molar-refractivity contribution in [3.63, 3.8) is 0 Å². The van der Waals surface area contributed by atoms with Gasteiger partial charge in [-0.25, -0.2) is 0 Å². The van der Waals surface area contributed by atoms with Crippen LogP contribution < -0.4 is 5.73 Å². The van der Waals surface area contributed by atoms with Gasteiger partial charge in [-0.2, -0.15) is 0 Å². The molecule has 1 aliphatic heterocycles. The number of nitrogens with zero attached hydrogens (tertiary/aromatic N) is 1. The summed E-state index contributed by atoms with van der Waals surface area (Å²) in [6.07, 6.45) is 3.11. The molecule has 1 heterocycles. The van der Waals surface area contributed by atoms with Crippen molar-refractivity contribution in [3.8, 4) is 0 Å². The molecule has 2 rings (SSSR count). The second-order valence-corrected chi connectivity index (χ2v) is 3.71. The number of carbonyl (C=O) groups excluding carboxylic acids is 1. The average Bonchev–Trinajstić information content (AvgIpc) is 2.68. The zero-order valence-electron chi connectivity index (χ0n) is 8.52. The van der Waals surface area contributed by atoms with E-state index in [-0.39, 0.29) is 0 Å². The molecule has 0 fully saturated rings. The van der Waals surface area contributed by atoms with E-state index in [0.717, 1.165) is 25.0 Å². The van der Waals surface area contributed by atoms with Crippen LogP contribution >= 0.6 is 0 Å². The fraction of sp³-hybridized carbons (Fsp3) is 0.182.